The summed E-state index contributed by atoms with van der Waals surface area (Å²) in [5.41, 5.74) is 2.31. The summed E-state index contributed by atoms with van der Waals surface area (Å²) >= 11 is 18.1. The summed E-state index contributed by atoms with van der Waals surface area (Å²) in [7, 11) is 0. The lowest BCUT2D eigenvalue weighted by Crippen LogP contribution is -1.96. The number of hydrogen-bond acceptors (Lipinski definition) is 2. The van der Waals surface area contributed by atoms with Gasteiger partial charge in [-0.3, -0.25) is 0 Å². The minimum atomic E-state index is -0.191. The molecule has 0 spiro atoms. The van der Waals surface area contributed by atoms with Crippen molar-refractivity contribution in [1.29, 1.82) is 0 Å². The second-order valence-electron chi connectivity index (χ2n) is 3.76. The number of hydrogen-bond donors (Lipinski definition) is 0. The molecule has 17 heavy (non-hydrogen) atoms. The fraction of sp³-hybridized carbons (Fsp3) is 0.273. The highest BCUT2D eigenvalue weighted by Gasteiger charge is 2.11. The zero-order valence-electron chi connectivity index (χ0n) is 9.28. The molecule has 0 aliphatic heterocycles. The summed E-state index contributed by atoms with van der Waals surface area (Å²) in [4.78, 5) is 0. The lowest BCUT2D eigenvalue weighted by atomic mass is 10.2. The maximum absolute atomic E-state index is 6.14. The van der Waals surface area contributed by atoms with E-state index in [0.717, 1.165) is 5.56 Å². The van der Waals surface area contributed by atoms with Crippen LogP contribution in [0.25, 0.3) is 5.69 Å². The van der Waals surface area contributed by atoms with E-state index in [2.05, 4.69) is 10.3 Å². The van der Waals surface area contributed by atoms with Crippen LogP contribution in [0.2, 0.25) is 10.0 Å². The molecule has 1 unspecified atom stereocenters. The molecule has 0 N–H and O–H groups in total. The molecule has 0 aliphatic rings. The van der Waals surface area contributed by atoms with Crippen LogP contribution in [0.15, 0.2) is 18.3 Å². The van der Waals surface area contributed by atoms with Crippen molar-refractivity contribution < 1.29 is 0 Å². The van der Waals surface area contributed by atoms with Crippen molar-refractivity contribution in [3.05, 3.63) is 39.6 Å². The Kier molecular flexibility index (Phi) is 3.61. The standard InChI is InChI=1S/C11H10Cl3N3/c1-6-3-9(14)11(4-8(6)13)17-5-10(7(2)12)15-16-17/h3-5,7H,1-2H3. The second kappa shape index (κ2) is 4.84. The Balaban J connectivity index is 2.49. The molecule has 90 valence electrons. The van der Waals surface area contributed by atoms with Crippen LogP contribution in [-0.4, -0.2) is 15.0 Å². The SMILES string of the molecule is Cc1cc(Cl)c(-n2cc(C(C)Cl)nn2)cc1Cl. The topological polar surface area (TPSA) is 30.7 Å². The van der Waals surface area contributed by atoms with E-state index in [4.69, 9.17) is 34.8 Å². The summed E-state index contributed by atoms with van der Waals surface area (Å²) in [6.45, 7) is 3.73. The van der Waals surface area contributed by atoms with Crippen molar-refractivity contribution in [3.8, 4) is 5.69 Å². The summed E-state index contributed by atoms with van der Waals surface area (Å²) < 4.78 is 1.57. The highest BCUT2D eigenvalue weighted by molar-refractivity contribution is 6.35. The first-order valence-corrected chi connectivity index (χ1v) is 6.20. The first-order chi connectivity index (χ1) is 7.99. The van der Waals surface area contributed by atoms with Crippen LogP contribution in [0.4, 0.5) is 0 Å². The van der Waals surface area contributed by atoms with Crippen molar-refractivity contribution in [1.82, 2.24) is 15.0 Å². The average Bonchev–Trinajstić information content (AvgIpc) is 2.72. The highest BCUT2D eigenvalue weighted by Crippen LogP contribution is 2.28. The Morgan fingerprint density at radius 3 is 2.53 bits per heavy atom. The molecular weight excluding hydrogens is 281 g/mol. The van der Waals surface area contributed by atoms with Crippen molar-refractivity contribution in [2.24, 2.45) is 0 Å². The van der Waals surface area contributed by atoms with Crippen molar-refractivity contribution in [2.75, 3.05) is 0 Å². The number of halogens is 3. The predicted octanol–water partition coefficient (Wildman–Crippen LogP) is 4.18. The molecule has 0 saturated heterocycles. The number of rotatable bonds is 2. The minimum Gasteiger partial charge on any atom is -0.219 e. The Hall–Kier alpha value is -0.770. The van der Waals surface area contributed by atoms with E-state index in [1.807, 2.05) is 13.8 Å². The van der Waals surface area contributed by atoms with Crippen molar-refractivity contribution in [2.45, 2.75) is 19.2 Å². The third-order valence-electron chi connectivity index (χ3n) is 2.39. The largest absolute Gasteiger partial charge is 0.219 e. The van der Waals surface area contributed by atoms with Gasteiger partial charge in [-0.15, -0.1) is 16.7 Å². The van der Waals surface area contributed by atoms with Gasteiger partial charge in [-0.2, -0.15) is 0 Å². The molecule has 0 saturated carbocycles. The molecule has 0 radical (unpaired) electrons. The molecule has 0 amide bonds. The van der Waals surface area contributed by atoms with Gasteiger partial charge < -0.3 is 0 Å². The molecule has 1 aromatic carbocycles. The molecule has 0 fully saturated rings. The zero-order chi connectivity index (χ0) is 12.6. The quantitative estimate of drug-likeness (QED) is 0.777. The average molecular weight is 291 g/mol. The summed E-state index contributed by atoms with van der Waals surface area (Å²) in [5, 5.41) is 8.97. The van der Waals surface area contributed by atoms with Gasteiger partial charge in [-0.25, -0.2) is 4.68 Å². The van der Waals surface area contributed by atoms with E-state index in [1.54, 1.807) is 23.0 Å². The van der Waals surface area contributed by atoms with E-state index in [9.17, 15) is 0 Å². The fourth-order valence-corrected chi connectivity index (χ4v) is 1.95. The minimum absolute atomic E-state index is 0.191. The summed E-state index contributed by atoms with van der Waals surface area (Å²) in [5.74, 6) is 0. The highest BCUT2D eigenvalue weighted by atomic mass is 35.5. The normalized spacial score (nSPS) is 12.8. The van der Waals surface area contributed by atoms with Crippen LogP contribution in [-0.2, 0) is 0 Å². The van der Waals surface area contributed by atoms with Crippen LogP contribution in [0.5, 0.6) is 0 Å². The third kappa shape index (κ3) is 2.57. The number of nitrogens with zero attached hydrogens (tertiary/aromatic N) is 3. The Bertz CT molecular complexity index is 549. The monoisotopic (exact) mass is 289 g/mol. The van der Waals surface area contributed by atoms with Gasteiger partial charge in [0.15, 0.2) is 0 Å². The van der Waals surface area contributed by atoms with Gasteiger partial charge in [0, 0.05) is 5.02 Å². The van der Waals surface area contributed by atoms with Crippen LogP contribution < -0.4 is 0 Å². The van der Waals surface area contributed by atoms with Crippen LogP contribution in [0.1, 0.15) is 23.6 Å². The van der Waals surface area contributed by atoms with Crippen LogP contribution in [0.3, 0.4) is 0 Å². The van der Waals surface area contributed by atoms with Crippen molar-refractivity contribution in [3.63, 3.8) is 0 Å². The van der Waals surface area contributed by atoms with Gasteiger partial charge in [0.25, 0.3) is 0 Å². The van der Waals surface area contributed by atoms with E-state index in [-0.39, 0.29) is 5.38 Å². The molecule has 3 nitrogen and oxygen atoms in total. The van der Waals surface area contributed by atoms with Gasteiger partial charge in [0.2, 0.25) is 0 Å². The predicted molar refractivity (Wildman–Crippen MR) is 70.4 cm³/mol. The fourth-order valence-electron chi connectivity index (χ4n) is 1.39. The zero-order valence-corrected chi connectivity index (χ0v) is 11.6. The lowest BCUT2D eigenvalue weighted by molar-refractivity contribution is 0.796. The molecular formula is C11H10Cl3N3. The maximum atomic E-state index is 6.14. The molecule has 0 bridgehead atoms. The first-order valence-electron chi connectivity index (χ1n) is 5.01. The molecule has 2 rings (SSSR count). The van der Waals surface area contributed by atoms with E-state index in [0.29, 0.717) is 21.4 Å². The smallest absolute Gasteiger partial charge is 0.101 e. The van der Waals surface area contributed by atoms with E-state index >= 15 is 0 Å². The number of alkyl halides is 1. The molecule has 2 aromatic rings. The summed E-state index contributed by atoms with van der Waals surface area (Å²) in [6.07, 6.45) is 1.74. The molecule has 6 heteroatoms. The third-order valence-corrected chi connectivity index (χ3v) is 3.33. The molecule has 1 atom stereocenters. The van der Waals surface area contributed by atoms with E-state index < -0.39 is 0 Å². The van der Waals surface area contributed by atoms with Crippen LogP contribution in [0, 0.1) is 6.92 Å². The second-order valence-corrected chi connectivity index (χ2v) is 5.23. The Labute approximate surface area is 114 Å². The molecule has 0 aliphatic carbocycles. The van der Waals surface area contributed by atoms with Gasteiger partial charge in [0.1, 0.15) is 5.69 Å². The van der Waals surface area contributed by atoms with Gasteiger partial charge >= 0.3 is 0 Å². The van der Waals surface area contributed by atoms with Crippen molar-refractivity contribution >= 4 is 34.8 Å². The van der Waals surface area contributed by atoms with Gasteiger partial charge in [0.05, 0.1) is 22.3 Å². The van der Waals surface area contributed by atoms with Crippen LogP contribution >= 0.6 is 34.8 Å². The number of benzene rings is 1. The molecule has 1 heterocycles. The number of aromatic nitrogens is 3. The lowest BCUT2D eigenvalue weighted by Gasteiger charge is -2.06. The van der Waals surface area contributed by atoms with Gasteiger partial charge in [-0.05, 0) is 31.5 Å². The maximum Gasteiger partial charge on any atom is 0.101 e. The first kappa shape index (κ1) is 12.7. The Morgan fingerprint density at radius 1 is 1.24 bits per heavy atom. The van der Waals surface area contributed by atoms with Gasteiger partial charge in [-0.1, -0.05) is 28.4 Å². The van der Waals surface area contributed by atoms with E-state index in [1.165, 1.54) is 0 Å². The Morgan fingerprint density at radius 2 is 1.94 bits per heavy atom. The number of aryl methyl sites for hydroxylation is 1. The summed E-state index contributed by atoms with van der Waals surface area (Å²) in [6, 6.07) is 3.56. The molecule has 1 aromatic heterocycles.